The molecule has 0 unspecified atom stereocenters. The summed E-state index contributed by atoms with van der Waals surface area (Å²) in [4.78, 5) is 4.40. The lowest BCUT2D eigenvalue weighted by Crippen LogP contribution is -2.15. The van der Waals surface area contributed by atoms with Gasteiger partial charge >= 0.3 is 0 Å². The predicted octanol–water partition coefficient (Wildman–Crippen LogP) is 2.81. The van der Waals surface area contributed by atoms with Gasteiger partial charge in [-0.2, -0.15) is 5.26 Å². The fourth-order valence-electron chi connectivity index (χ4n) is 2.05. The normalized spacial score (nSPS) is 10.1. The highest BCUT2D eigenvalue weighted by molar-refractivity contribution is 5.37. The molecule has 0 fully saturated rings. The van der Waals surface area contributed by atoms with Crippen LogP contribution in [-0.2, 0) is 19.5 Å². The highest BCUT2D eigenvalue weighted by atomic mass is 14.9. The van der Waals surface area contributed by atoms with E-state index < -0.39 is 0 Å². The number of pyridine rings is 1. The van der Waals surface area contributed by atoms with E-state index in [2.05, 4.69) is 29.4 Å². The van der Waals surface area contributed by atoms with E-state index in [0.29, 0.717) is 6.54 Å². The van der Waals surface area contributed by atoms with Gasteiger partial charge in [-0.15, -0.1) is 0 Å². The minimum atomic E-state index is 0.684. The molecule has 0 saturated carbocycles. The Bertz CT molecular complexity index is 585. The monoisotopic (exact) mass is 251 g/mol. The zero-order chi connectivity index (χ0) is 13.5. The van der Waals surface area contributed by atoms with E-state index in [1.807, 2.05) is 36.5 Å². The summed E-state index contributed by atoms with van der Waals surface area (Å²) in [5.74, 6) is 0. The fraction of sp³-hybridized carbons (Fsp3) is 0.250. The Hall–Kier alpha value is -2.18. The topological polar surface area (TPSA) is 48.7 Å². The smallest absolute Gasteiger partial charge is 0.0995 e. The third-order valence-corrected chi connectivity index (χ3v) is 3.11. The van der Waals surface area contributed by atoms with Crippen molar-refractivity contribution in [3.63, 3.8) is 0 Å². The van der Waals surface area contributed by atoms with Gasteiger partial charge in [-0.1, -0.05) is 31.2 Å². The average Bonchev–Trinajstić information content (AvgIpc) is 2.48. The number of aryl methyl sites for hydroxylation is 1. The molecule has 1 aromatic heterocycles. The number of nitrogens with one attached hydrogen (secondary N) is 1. The minimum absolute atomic E-state index is 0.684. The van der Waals surface area contributed by atoms with E-state index in [4.69, 9.17) is 5.26 Å². The third kappa shape index (κ3) is 3.40. The molecule has 2 aromatic rings. The van der Waals surface area contributed by atoms with Gasteiger partial charge in [0, 0.05) is 19.3 Å². The molecule has 0 saturated heterocycles. The van der Waals surface area contributed by atoms with Crippen LogP contribution in [0.15, 0.2) is 42.6 Å². The third-order valence-electron chi connectivity index (χ3n) is 3.11. The van der Waals surface area contributed by atoms with E-state index in [9.17, 15) is 0 Å². The summed E-state index contributed by atoms with van der Waals surface area (Å²) in [6.07, 6.45) is 2.80. The van der Waals surface area contributed by atoms with Gasteiger partial charge in [-0.05, 0) is 29.7 Å². The zero-order valence-electron chi connectivity index (χ0n) is 11.1. The molecule has 0 spiro atoms. The van der Waals surface area contributed by atoms with Gasteiger partial charge in [0.15, 0.2) is 0 Å². The molecule has 0 bridgehead atoms. The lowest BCUT2D eigenvalue weighted by molar-refractivity contribution is 0.672. The van der Waals surface area contributed by atoms with E-state index >= 15 is 0 Å². The van der Waals surface area contributed by atoms with Gasteiger partial charge in [0.25, 0.3) is 0 Å². The molecule has 2 rings (SSSR count). The Morgan fingerprint density at radius 2 is 1.89 bits per heavy atom. The van der Waals surface area contributed by atoms with Crippen molar-refractivity contribution >= 4 is 0 Å². The number of nitrogens with zero attached hydrogens (tertiary/aromatic N) is 2. The Labute approximate surface area is 113 Å². The Morgan fingerprint density at radius 3 is 2.68 bits per heavy atom. The number of benzene rings is 1. The SMILES string of the molecule is CCc1cccnc1CNCc1ccccc1C#N. The lowest BCUT2D eigenvalue weighted by atomic mass is 10.1. The van der Waals surface area contributed by atoms with E-state index in [1.165, 1.54) is 5.56 Å². The maximum Gasteiger partial charge on any atom is 0.0995 e. The van der Waals surface area contributed by atoms with Crippen LogP contribution in [0.25, 0.3) is 0 Å². The predicted molar refractivity (Wildman–Crippen MR) is 75.3 cm³/mol. The van der Waals surface area contributed by atoms with Crippen molar-refractivity contribution in [1.29, 1.82) is 5.26 Å². The van der Waals surface area contributed by atoms with Crippen molar-refractivity contribution in [3.8, 4) is 6.07 Å². The van der Waals surface area contributed by atoms with E-state index in [1.54, 1.807) is 0 Å². The van der Waals surface area contributed by atoms with Gasteiger partial charge in [-0.25, -0.2) is 0 Å². The highest BCUT2D eigenvalue weighted by Gasteiger charge is 2.03. The average molecular weight is 251 g/mol. The summed E-state index contributed by atoms with van der Waals surface area (Å²) >= 11 is 0. The Morgan fingerprint density at radius 1 is 1.11 bits per heavy atom. The lowest BCUT2D eigenvalue weighted by Gasteiger charge is -2.09. The summed E-state index contributed by atoms with van der Waals surface area (Å²) in [5.41, 5.74) is 4.11. The van der Waals surface area contributed by atoms with Crippen molar-refractivity contribution in [2.24, 2.45) is 0 Å². The summed E-state index contributed by atoms with van der Waals surface area (Å²) in [7, 11) is 0. The molecule has 0 amide bonds. The summed E-state index contributed by atoms with van der Waals surface area (Å²) in [5, 5.41) is 12.4. The summed E-state index contributed by atoms with van der Waals surface area (Å²) < 4.78 is 0. The highest BCUT2D eigenvalue weighted by Crippen LogP contribution is 2.09. The van der Waals surface area contributed by atoms with Crippen molar-refractivity contribution in [2.75, 3.05) is 0 Å². The molecule has 3 nitrogen and oxygen atoms in total. The van der Waals surface area contributed by atoms with E-state index in [0.717, 1.165) is 29.8 Å². The molecule has 0 radical (unpaired) electrons. The van der Waals surface area contributed by atoms with Crippen molar-refractivity contribution in [1.82, 2.24) is 10.3 Å². The van der Waals surface area contributed by atoms with Gasteiger partial charge in [0.05, 0.1) is 17.3 Å². The molecule has 0 aliphatic heterocycles. The molecule has 19 heavy (non-hydrogen) atoms. The number of aromatic nitrogens is 1. The van der Waals surface area contributed by atoms with Crippen LogP contribution in [0, 0.1) is 11.3 Å². The second-order valence-electron chi connectivity index (χ2n) is 4.34. The molecular formula is C16H17N3. The number of rotatable bonds is 5. The molecule has 1 heterocycles. The van der Waals surface area contributed by atoms with E-state index in [-0.39, 0.29) is 0 Å². The maximum atomic E-state index is 9.03. The number of hydrogen-bond donors (Lipinski definition) is 1. The van der Waals surface area contributed by atoms with Crippen LogP contribution < -0.4 is 5.32 Å². The molecule has 0 atom stereocenters. The van der Waals surface area contributed by atoms with Gasteiger partial charge < -0.3 is 5.32 Å². The molecule has 1 aromatic carbocycles. The van der Waals surface area contributed by atoms with Crippen LogP contribution in [0.5, 0.6) is 0 Å². The molecular weight excluding hydrogens is 234 g/mol. The van der Waals surface area contributed by atoms with Gasteiger partial charge in [-0.3, -0.25) is 4.98 Å². The van der Waals surface area contributed by atoms with Crippen molar-refractivity contribution < 1.29 is 0 Å². The molecule has 96 valence electrons. The van der Waals surface area contributed by atoms with Crippen LogP contribution in [-0.4, -0.2) is 4.98 Å². The second kappa shape index (κ2) is 6.67. The van der Waals surface area contributed by atoms with Crippen LogP contribution >= 0.6 is 0 Å². The van der Waals surface area contributed by atoms with Crippen LogP contribution in [0.2, 0.25) is 0 Å². The first-order chi connectivity index (χ1) is 9.35. The second-order valence-corrected chi connectivity index (χ2v) is 4.34. The quantitative estimate of drug-likeness (QED) is 0.889. The van der Waals surface area contributed by atoms with Crippen LogP contribution in [0.3, 0.4) is 0 Å². The first-order valence-electron chi connectivity index (χ1n) is 6.46. The molecule has 0 aliphatic carbocycles. The minimum Gasteiger partial charge on any atom is -0.307 e. The van der Waals surface area contributed by atoms with Gasteiger partial charge in [0.2, 0.25) is 0 Å². The number of nitriles is 1. The Kier molecular flexibility index (Phi) is 4.66. The molecule has 0 aliphatic rings. The van der Waals surface area contributed by atoms with Gasteiger partial charge in [0.1, 0.15) is 0 Å². The van der Waals surface area contributed by atoms with Crippen LogP contribution in [0.1, 0.15) is 29.3 Å². The standard InChI is InChI=1S/C16H17N3/c1-2-13-8-5-9-19-16(13)12-18-11-15-7-4-3-6-14(15)10-17/h3-9,18H,2,11-12H2,1H3. The summed E-state index contributed by atoms with van der Waals surface area (Å²) in [6, 6.07) is 13.9. The Balaban J connectivity index is 1.99. The largest absolute Gasteiger partial charge is 0.307 e. The number of hydrogen-bond acceptors (Lipinski definition) is 3. The van der Waals surface area contributed by atoms with Crippen molar-refractivity contribution in [2.45, 2.75) is 26.4 Å². The van der Waals surface area contributed by atoms with Crippen molar-refractivity contribution in [3.05, 3.63) is 65.0 Å². The molecule has 1 N–H and O–H groups in total. The first kappa shape index (κ1) is 13.3. The first-order valence-corrected chi connectivity index (χ1v) is 6.46. The molecule has 3 heteroatoms. The summed E-state index contributed by atoms with van der Waals surface area (Å²) in [6.45, 7) is 3.54. The van der Waals surface area contributed by atoms with Crippen LogP contribution in [0.4, 0.5) is 0 Å². The maximum absolute atomic E-state index is 9.03. The fourth-order valence-corrected chi connectivity index (χ4v) is 2.05. The zero-order valence-corrected chi connectivity index (χ0v) is 11.1.